The predicted molar refractivity (Wildman–Crippen MR) is 381 cm³/mol. The number of carbonyl (C=O) groups excluding carboxylic acids is 4. The first-order valence-electron chi connectivity index (χ1n) is 36.5. The molecular formula is C80H99N3O24. The Kier molecular flexibility index (Phi) is 30.1. The van der Waals surface area contributed by atoms with Crippen molar-refractivity contribution >= 4 is 23.9 Å². The van der Waals surface area contributed by atoms with Crippen LogP contribution in [0.2, 0.25) is 0 Å². The molecule has 0 saturated carbocycles. The van der Waals surface area contributed by atoms with Gasteiger partial charge < -0.3 is 113 Å². The smallest absolute Gasteiger partial charge is 0.407 e. The summed E-state index contributed by atoms with van der Waals surface area (Å²) in [5.41, 5.74) is 4.97. The van der Waals surface area contributed by atoms with Gasteiger partial charge in [-0.2, -0.15) is 0 Å². The van der Waals surface area contributed by atoms with Gasteiger partial charge in [-0.3, -0.25) is 9.59 Å². The van der Waals surface area contributed by atoms with Crippen molar-refractivity contribution in [2.24, 2.45) is 0 Å². The number of fused-ring (bicyclic) bond motifs is 1. The zero-order valence-electron chi connectivity index (χ0n) is 60.2. The third-order valence-corrected chi connectivity index (χ3v) is 19.2. The number of aliphatic hydroxyl groups excluding tert-OH is 5. The van der Waals surface area contributed by atoms with E-state index < -0.39 is 165 Å². The third kappa shape index (κ3) is 22.3. The van der Waals surface area contributed by atoms with E-state index in [4.69, 9.17) is 71.1 Å². The molecule has 8 N–H and O–H groups in total. The molecule has 1 spiro atoms. The Labute approximate surface area is 622 Å². The highest BCUT2D eigenvalue weighted by Gasteiger charge is 2.66. The molecular weight excluding hydrogens is 1390 g/mol. The van der Waals surface area contributed by atoms with Crippen molar-refractivity contribution in [2.45, 2.75) is 221 Å². The Hall–Kier alpha value is -7.72. The lowest BCUT2D eigenvalue weighted by atomic mass is 9.87. The first kappa shape index (κ1) is 80.3. The maximum absolute atomic E-state index is 15.1. The van der Waals surface area contributed by atoms with Gasteiger partial charge in [0.25, 0.3) is 5.79 Å². The van der Waals surface area contributed by atoms with Crippen molar-refractivity contribution in [3.63, 3.8) is 0 Å². The molecule has 0 aliphatic carbocycles. The van der Waals surface area contributed by atoms with Gasteiger partial charge >= 0.3 is 12.1 Å². The van der Waals surface area contributed by atoms with Crippen LogP contribution in [0.15, 0.2) is 182 Å². The quantitative estimate of drug-likeness (QED) is 0.0168. The van der Waals surface area contributed by atoms with E-state index in [1.165, 1.54) is 6.92 Å². The molecule has 27 heteroatoms. The maximum atomic E-state index is 15.1. The van der Waals surface area contributed by atoms with Crippen LogP contribution < -0.4 is 16.0 Å². The number of aliphatic hydroxyl groups is 5. The summed E-state index contributed by atoms with van der Waals surface area (Å²) in [5.74, 6) is -5.18. The highest BCUT2D eigenvalue weighted by molar-refractivity contribution is 5.79. The zero-order valence-corrected chi connectivity index (χ0v) is 60.2. The molecule has 5 aliphatic heterocycles. The van der Waals surface area contributed by atoms with Gasteiger partial charge in [-0.25, -0.2) is 9.59 Å². The van der Waals surface area contributed by atoms with Gasteiger partial charge in [0, 0.05) is 33.4 Å². The van der Waals surface area contributed by atoms with E-state index >= 15 is 4.79 Å². The molecule has 3 amide bonds. The number of unbranched alkanes of at least 4 members (excludes halogenated alkanes) is 3. The second-order valence-corrected chi connectivity index (χ2v) is 27.3. The van der Waals surface area contributed by atoms with E-state index in [0.29, 0.717) is 32.2 Å². The summed E-state index contributed by atoms with van der Waals surface area (Å²) in [6.45, 7) is 3.67. The van der Waals surface area contributed by atoms with Crippen molar-refractivity contribution in [1.82, 2.24) is 16.0 Å². The van der Waals surface area contributed by atoms with Crippen LogP contribution in [0.25, 0.3) is 0 Å². The standard InChI is InChI=1S/C80H99N3O24/c1-50-67(96-44-55-30-16-8-17-31-55)72(97-45-56-32-18-9-19-33-56)73(98-46-57-34-20-10-21-35-57)76(100-50)104-70-64(83-52(3)86)75(95-39-25-5-4-24-38-81-79(92)99-47-58-36-22-11-23-37-58)102-62(49-94-43-54-28-14-7-15-29-54)68(70)103-77-74-71(66(90)61(101-77)48-93-42-53-26-12-6-13-27-53)107-80(78(91)105-74)40-59(87)63(82-51(2)85)69(106-80)65(89)60(88)41-84/h6-23,26-37,50,59-77,84,87-90H,4-5,24-25,38-49H2,1-3H3,(H,81,92)(H,82,85)(H,83,86)/t50-,59-,60+,61+,62+,63+,64+,65+,66-,67+,68+,69+,70+,71-,72+,73-,74+,75+,76-,77-,80-/m0/s1. The van der Waals surface area contributed by atoms with Gasteiger partial charge in [-0.1, -0.05) is 195 Å². The van der Waals surface area contributed by atoms with Crippen LogP contribution in [0.5, 0.6) is 0 Å². The van der Waals surface area contributed by atoms with Crippen LogP contribution in [0.3, 0.4) is 0 Å². The van der Waals surface area contributed by atoms with E-state index in [2.05, 4.69) is 16.0 Å². The lowest BCUT2D eigenvalue weighted by Gasteiger charge is -2.55. The molecule has 5 saturated heterocycles. The van der Waals surface area contributed by atoms with E-state index in [1.54, 1.807) is 0 Å². The number of carbonyl (C=O) groups is 4. The number of hydrogen-bond donors (Lipinski definition) is 8. The molecule has 6 aromatic rings. The van der Waals surface area contributed by atoms with Crippen molar-refractivity contribution in [1.29, 1.82) is 0 Å². The van der Waals surface area contributed by atoms with Crippen molar-refractivity contribution in [3.8, 4) is 0 Å². The molecule has 5 aliphatic rings. The van der Waals surface area contributed by atoms with Gasteiger partial charge in [0.2, 0.25) is 11.8 Å². The number of rotatable bonds is 36. The Balaban J connectivity index is 0.962. The highest BCUT2D eigenvalue weighted by Crippen LogP contribution is 2.44. The summed E-state index contributed by atoms with van der Waals surface area (Å²) in [7, 11) is 0. The van der Waals surface area contributed by atoms with E-state index in [-0.39, 0.29) is 59.5 Å². The normalized spacial score (nSPS) is 29.7. The van der Waals surface area contributed by atoms with E-state index in [1.807, 2.05) is 189 Å². The summed E-state index contributed by atoms with van der Waals surface area (Å²) in [6, 6.07) is 53.9. The van der Waals surface area contributed by atoms with Crippen LogP contribution in [0.1, 0.15) is 86.3 Å². The number of esters is 1. The van der Waals surface area contributed by atoms with Crippen molar-refractivity contribution in [3.05, 3.63) is 215 Å². The topological polar surface area (TPSA) is 344 Å². The summed E-state index contributed by atoms with van der Waals surface area (Å²) < 4.78 is 101. The van der Waals surface area contributed by atoms with Crippen LogP contribution in [0, 0.1) is 0 Å². The predicted octanol–water partition coefficient (Wildman–Crippen LogP) is 5.89. The third-order valence-electron chi connectivity index (χ3n) is 19.2. The first-order valence-corrected chi connectivity index (χ1v) is 36.5. The molecule has 0 unspecified atom stereocenters. The Bertz CT molecular complexity index is 3640. The summed E-state index contributed by atoms with van der Waals surface area (Å²) in [4.78, 5) is 54.4. The number of hydrogen-bond acceptors (Lipinski definition) is 24. The fourth-order valence-corrected chi connectivity index (χ4v) is 13.7. The SMILES string of the molecule is CC(=O)N[C@H]1[C@H](OCCCCCCNC(=O)OCc2ccccc2)O[C@H](COCc2ccccc2)[C@@H](O[C@@H]2O[C@H](COCc3ccccc3)[C@H](O)[C@@H]3O[C@@]4(C[C@H](O)[C@@H](NC(C)=O)[C@H]([C@H](O)[C@H](O)CO)O4)C(=O)O[C@@H]23)[C@@H]1O[C@@H]1O[C@@H](C)[C@@H](OCc2ccccc2)[C@@H](OCc2ccccc2)[C@@H]1OCc1ccccc1. The fourth-order valence-electron chi connectivity index (χ4n) is 13.7. The van der Waals surface area contributed by atoms with E-state index in [0.717, 1.165) is 40.3 Å². The maximum Gasteiger partial charge on any atom is 0.407 e. The van der Waals surface area contributed by atoms with Gasteiger partial charge in [0.1, 0.15) is 85.9 Å². The Morgan fingerprint density at radius 2 is 0.991 bits per heavy atom. The number of amides is 3. The van der Waals surface area contributed by atoms with Crippen LogP contribution in [-0.2, 0) is 125 Å². The lowest BCUT2D eigenvalue weighted by molar-refractivity contribution is -0.412. The van der Waals surface area contributed by atoms with Crippen LogP contribution >= 0.6 is 0 Å². The molecule has 11 rings (SSSR count). The molecule has 107 heavy (non-hydrogen) atoms. The molecule has 27 nitrogen and oxygen atoms in total. The minimum absolute atomic E-state index is 0.0247. The first-order chi connectivity index (χ1) is 52.0. The second kappa shape index (κ2) is 40.1. The molecule has 6 aromatic carbocycles. The molecule has 5 heterocycles. The number of ether oxygens (including phenoxy) is 15. The molecule has 21 atom stereocenters. The van der Waals surface area contributed by atoms with Crippen LogP contribution in [0.4, 0.5) is 4.79 Å². The number of benzene rings is 6. The molecule has 0 radical (unpaired) electrons. The van der Waals surface area contributed by atoms with Crippen LogP contribution in [-0.4, -0.2) is 211 Å². The van der Waals surface area contributed by atoms with Crippen molar-refractivity contribution in [2.75, 3.05) is 33.0 Å². The molecule has 5 fully saturated rings. The Morgan fingerprint density at radius 1 is 0.514 bits per heavy atom. The average Bonchev–Trinajstić information content (AvgIpc) is 0.731. The van der Waals surface area contributed by atoms with Gasteiger partial charge in [-0.05, 0) is 53.1 Å². The average molecular weight is 1490 g/mol. The number of nitrogens with one attached hydrogen (secondary N) is 3. The van der Waals surface area contributed by atoms with E-state index in [9.17, 15) is 39.9 Å². The lowest BCUT2D eigenvalue weighted by Crippen LogP contribution is -2.74. The summed E-state index contributed by atoms with van der Waals surface area (Å²) in [5, 5.41) is 65.2. The second-order valence-electron chi connectivity index (χ2n) is 27.3. The minimum Gasteiger partial charge on any atom is -0.450 e. The highest BCUT2D eigenvalue weighted by atomic mass is 16.8. The molecule has 578 valence electrons. The van der Waals surface area contributed by atoms with Gasteiger partial charge in [0.15, 0.2) is 25.0 Å². The van der Waals surface area contributed by atoms with Gasteiger partial charge in [-0.15, -0.1) is 0 Å². The fraction of sp³-hybridized carbons (Fsp3) is 0.500. The monoisotopic (exact) mass is 1490 g/mol. The van der Waals surface area contributed by atoms with Gasteiger partial charge in [0.05, 0.1) is 71.1 Å². The molecule has 0 aromatic heterocycles. The minimum atomic E-state index is -2.66. The molecule has 0 bridgehead atoms. The Morgan fingerprint density at radius 3 is 1.53 bits per heavy atom. The zero-order chi connectivity index (χ0) is 75.1. The largest absolute Gasteiger partial charge is 0.450 e. The summed E-state index contributed by atoms with van der Waals surface area (Å²) in [6.07, 6.45) is -25.4. The summed E-state index contributed by atoms with van der Waals surface area (Å²) >= 11 is 0. The van der Waals surface area contributed by atoms with Crippen molar-refractivity contribution < 1.29 is 116 Å². The number of alkyl carbamates (subject to hydrolysis) is 1.